The van der Waals surface area contributed by atoms with Gasteiger partial charge in [0.2, 0.25) is 11.8 Å². The molecule has 0 aromatic heterocycles. The lowest BCUT2D eigenvalue weighted by atomic mass is 10.1. The quantitative estimate of drug-likeness (QED) is 0.0600. The average Bonchev–Trinajstić information content (AvgIpc) is 2.83. The molecule has 0 aliphatic rings. The number of rotatable bonds is 27. The van der Waals surface area contributed by atoms with E-state index in [1.54, 1.807) is 0 Å². The lowest BCUT2D eigenvalue weighted by Gasteiger charge is -2.05. The van der Waals surface area contributed by atoms with E-state index < -0.39 is 0 Å². The Labute approximate surface area is 226 Å². The SMILES string of the molecule is CCCCCCCCCCCCC(=O)NSSSSNC(=O)CCCCCCCCCCCC. The molecule has 0 heterocycles. The largest absolute Gasteiger partial charge is 0.290 e. The first kappa shape index (κ1) is 34.3. The van der Waals surface area contributed by atoms with E-state index in [0.717, 1.165) is 25.7 Å². The number of carbonyl (C=O) groups is 2. The van der Waals surface area contributed by atoms with Gasteiger partial charge in [-0.15, -0.1) is 0 Å². The van der Waals surface area contributed by atoms with Gasteiger partial charge < -0.3 is 0 Å². The molecule has 0 atom stereocenters. The highest BCUT2D eigenvalue weighted by molar-refractivity contribution is 9.25. The second kappa shape index (κ2) is 29.6. The Kier molecular flexibility index (Phi) is 29.9. The van der Waals surface area contributed by atoms with Crippen LogP contribution in [0.3, 0.4) is 0 Å². The molecule has 0 aliphatic heterocycles. The van der Waals surface area contributed by atoms with Crippen LogP contribution in [-0.2, 0) is 9.59 Å². The van der Waals surface area contributed by atoms with E-state index in [4.69, 9.17) is 0 Å². The molecule has 0 aromatic rings. The Morgan fingerprint density at radius 3 is 1.00 bits per heavy atom. The summed E-state index contributed by atoms with van der Waals surface area (Å²) in [4.78, 5) is 23.7. The molecule has 0 rings (SSSR count). The van der Waals surface area contributed by atoms with Crippen molar-refractivity contribution in [2.24, 2.45) is 0 Å². The molecule has 34 heavy (non-hydrogen) atoms. The van der Waals surface area contributed by atoms with Crippen LogP contribution in [0.25, 0.3) is 0 Å². The van der Waals surface area contributed by atoms with Gasteiger partial charge >= 0.3 is 0 Å². The van der Waals surface area contributed by atoms with E-state index in [2.05, 4.69) is 23.3 Å². The fraction of sp³-hybridized carbons (Fsp3) is 0.923. The first-order valence-electron chi connectivity index (χ1n) is 13.9. The number of nitrogens with one attached hydrogen (secondary N) is 2. The van der Waals surface area contributed by atoms with Gasteiger partial charge in [-0.3, -0.25) is 19.0 Å². The zero-order chi connectivity index (χ0) is 25.0. The minimum Gasteiger partial charge on any atom is -0.290 e. The standard InChI is InChI=1S/C26H52N2O2S4/c1-3-5-7-9-11-13-15-17-19-21-23-25(29)27-31-33-34-32-28-26(30)24-22-20-18-16-14-12-10-8-6-4-2/h3-24H2,1-2H3,(H,27,29)(H,28,30). The summed E-state index contributed by atoms with van der Waals surface area (Å²) in [5.41, 5.74) is 0. The van der Waals surface area contributed by atoms with Crippen molar-refractivity contribution in [3.05, 3.63) is 0 Å². The lowest BCUT2D eigenvalue weighted by Crippen LogP contribution is -2.14. The minimum absolute atomic E-state index is 0.104. The Hall–Kier alpha value is 0.340. The Bertz CT molecular complexity index is 417. The van der Waals surface area contributed by atoms with Crippen molar-refractivity contribution in [1.29, 1.82) is 0 Å². The van der Waals surface area contributed by atoms with Crippen LogP contribution in [0, 0.1) is 0 Å². The van der Waals surface area contributed by atoms with Crippen LogP contribution in [0.15, 0.2) is 0 Å². The summed E-state index contributed by atoms with van der Waals surface area (Å²) < 4.78 is 5.74. The summed E-state index contributed by atoms with van der Waals surface area (Å²) in [5.74, 6) is 0.209. The molecule has 0 aromatic carbocycles. The molecule has 0 saturated carbocycles. The summed E-state index contributed by atoms with van der Waals surface area (Å²) in [6, 6.07) is 0. The first-order chi connectivity index (χ1) is 16.7. The molecule has 0 bridgehead atoms. The Balaban J connectivity index is 3.27. The maximum Gasteiger partial charge on any atom is 0.230 e. The molecular weight excluding hydrogens is 501 g/mol. The lowest BCUT2D eigenvalue weighted by molar-refractivity contribution is -0.120. The Morgan fingerprint density at radius 1 is 0.441 bits per heavy atom. The molecule has 0 fully saturated rings. The van der Waals surface area contributed by atoms with Crippen molar-refractivity contribution >= 4 is 53.4 Å². The summed E-state index contributed by atoms with van der Waals surface area (Å²) in [6.07, 6.45) is 26.9. The van der Waals surface area contributed by atoms with Crippen molar-refractivity contribution in [3.63, 3.8) is 0 Å². The second-order valence-corrected chi connectivity index (χ2v) is 14.5. The van der Waals surface area contributed by atoms with Crippen molar-refractivity contribution in [2.75, 3.05) is 0 Å². The van der Waals surface area contributed by atoms with Crippen LogP contribution in [0.4, 0.5) is 0 Å². The molecule has 0 aliphatic carbocycles. The molecule has 0 unspecified atom stereocenters. The molecule has 4 nitrogen and oxygen atoms in total. The monoisotopic (exact) mass is 552 g/mol. The number of unbranched alkanes of at least 4 members (excludes halogenated alkanes) is 18. The van der Waals surface area contributed by atoms with Gasteiger partial charge in [-0.2, -0.15) is 0 Å². The molecule has 0 saturated heterocycles. The summed E-state index contributed by atoms with van der Waals surface area (Å²) in [5, 5.41) is 0. The summed E-state index contributed by atoms with van der Waals surface area (Å²) in [7, 11) is 5.63. The number of hydrogen-bond donors (Lipinski definition) is 2. The van der Waals surface area contributed by atoms with Gasteiger partial charge in [0.05, 0.1) is 0 Å². The molecule has 0 radical (unpaired) electrons. The van der Waals surface area contributed by atoms with Crippen LogP contribution < -0.4 is 9.44 Å². The third-order valence-electron chi connectivity index (χ3n) is 5.92. The van der Waals surface area contributed by atoms with E-state index >= 15 is 0 Å². The first-order valence-corrected chi connectivity index (χ1v) is 18.8. The second-order valence-electron chi connectivity index (χ2n) is 9.22. The van der Waals surface area contributed by atoms with Crippen LogP contribution in [-0.4, -0.2) is 11.8 Å². The highest BCUT2D eigenvalue weighted by atomic mass is 33.7. The van der Waals surface area contributed by atoms with Gasteiger partial charge in [-0.1, -0.05) is 129 Å². The molecule has 2 amide bonds. The van der Waals surface area contributed by atoms with Gasteiger partial charge in [0.15, 0.2) is 0 Å². The maximum absolute atomic E-state index is 11.9. The fourth-order valence-electron chi connectivity index (χ4n) is 3.80. The zero-order valence-corrected chi connectivity index (χ0v) is 25.3. The summed E-state index contributed by atoms with van der Waals surface area (Å²) >= 11 is 0. The highest BCUT2D eigenvalue weighted by Gasteiger charge is 2.04. The van der Waals surface area contributed by atoms with Crippen molar-refractivity contribution in [3.8, 4) is 0 Å². The van der Waals surface area contributed by atoms with Crippen molar-refractivity contribution in [2.45, 2.75) is 155 Å². The maximum atomic E-state index is 11.9. The van der Waals surface area contributed by atoms with E-state index in [0.29, 0.717) is 12.8 Å². The minimum atomic E-state index is 0.104. The fourth-order valence-corrected chi connectivity index (χ4v) is 7.86. The average molecular weight is 553 g/mol. The van der Waals surface area contributed by atoms with Gasteiger partial charge in [0.1, 0.15) is 0 Å². The van der Waals surface area contributed by atoms with Gasteiger partial charge in [-0.05, 0) is 12.8 Å². The zero-order valence-electron chi connectivity index (χ0n) is 22.0. The van der Waals surface area contributed by atoms with E-state index in [9.17, 15) is 9.59 Å². The number of amides is 2. The van der Waals surface area contributed by atoms with Crippen LogP contribution >= 0.6 is 41.6 Å². The molecule has 0 spiro atoms. The Morgan fingerprint density at radius 2 is 0.706 bits per heavy atom. The number of carbonyl (C=O) groups excluding carboxylic acids is 2. The van der Waals surface area contributed by atoms with Crippen LogP contribution in [0.5, 0.6) is 0 Å². The van der Waals surface area contributed by atoms with Gasteiger partial charge in [0.25, 0.3) is 0 Å². The predicted octanol–water partition coefficient (Wildman–Crippen LogP) is 10.3. The van der Waals surface area contributed by atoms with Crippen molar-refractivity contribution < 1.29 is 9.59 Å². The smallest absolute Gasteiger partial charge is 0.230 e. The predicted molar refractivity (Wildman–Crippen MR) is 160 cm³/mol. The van der Waals surface area contributed by atoms with E-state index in [-0.39, 0.29) is 11.8 Å². The van der Waals surface area contributed by atoms with Crippen LogP contribution in [0.1, 0.15) is 155 Å². The van der Waals surface area contributed by atoms with Gasteiger partial charge in [0, 0.05) is 54.5 Å². The normalized spacial score (nSPS) is 11.0. The molecule has 202 valence electrons. The summed E-state index contributed by atoms with van der Waals surface area (Å²) in [6.45, 7) is 4.51. The molecule has 2 N–H and O–H groups in total. The molecule has 8 heteroatoms. The third kappa shape index (κ3) is 28.6. The topological polar surface area (TPSA) is 58.2 Å². The van der Waals surface area contributed by atoms with Crippen molar-refractivity contribution in [1.82, 2.24) is 9.44 Å². The van der Waals surface area contributed by atoms with Crippen LogP contribution in [0.2, 0.25) is 0 Å². The molecular formula is C26H52N2O2S4. The highest BCUT2D eigenvalue weighted by Crippen LogP contribution is 2.39. The van der Waals surface area contributed by atoms with E-state index in [1.807, 2.05) is 0 Å². The third-order valence-corrected chi connectivity index (χ3v) is 11.0. The van der Waals surface area contributed by atoms with Gasteiger partial charge in [-0.25, -0.2) is 0 Å². The van der Waals surface area contributed by atoms with E-state index in [1.165, 1.54) is 144 Å². The number of hydrogen-bond acceptors (Lipinski definition) is 6.